The first-order chi connectivity index (χ1) is 17.4. The van der Waals surface area contributed by atoms with Gasteiger partial charge in [0.2, 0.25) is 0 Å². The Morgan fingerprint density at radius 2 is 1.11 bits per heavy atom. The second-order valence-electron chi connectivity index (χ2n) is 8.56. The van der Waals surface area contributed by atoms with Crippen molar-refractivity contribution in [3.05, 3.63) is 139 Å². The number of ketones is 1. The van der Waals surface area contributed by atoms with E-state index in [0.29, 0.717) is 33.3 Å². The highest BCUT2D eigenvalue weighted by atomic mass is 35.5. The topological polar surface area (TPSA) is 92.7 Å². The number of para-hydroxylation sites is 2. The van der Waals surface area contributed by atoms with Gasteiger partial charge in [-0.15, -0.1) is 0 Å². The molecule has 36 heavy (non-hydrogen) atoms. The molecular weight excluding hydrogens is 476 g/mol. The van der Waals surface area contributed by atoms with Crippen LogP contribution in [0, 0.1) is 13.8 Å². The van der Waals surface area contributed by atoms with Crippen LogP contribution >= 0.6 is 11.6 Å². The Morgan fingerprint density at radius 3 is 1.53 bits per heavy atom. The molecule has 2 N–H and O–H groups in total. The van der Waals surface area contributed by atoms with Crippen molar-refractivity contribution in [3.8, 4) is 11.4 Å². The molecule has 0 aliphatic heterocycles. The minimum absolute atomic E-state index is 0.221. The quantitative estimate of drug-likeness (QED) is 0.325. The molecule has 0 aliphatic rings. The van der Waals surface area contributed by atoms with Gasteiger partial charge in [-0.05, 0) is 62.4 Å². The van der Waals surface area contributed by atoms with Crippen molar-refractivity contribution in [3.63, 3.8) is 0 Å². The third-order valence-electron chi connectivity index (χ3n) is 6.23. The molecule has 0 radical (unpaired) electrons. The van der Waals surface area contributed by atoms with Gasteiger partial charge in [0.15, 0.2) is 5.78 Å². The van der Waals surface area contributed by atoms with Crippen LogP contribution in [0.2, 0.25) is 5.02 Å². The van der Waals surface area contributed by atoms with E-state index in [1.54, 1.807) is 62.4 Å². The molecule has 0 bridgehead atoms. The number of Topliss-reactive ketones (excluding diaryl/α,β-unsaturated/α-hetero) is 1. The number of H-pyrrole nitrogens is 2. The number of aromatic nitrogens is 4. The smallest absolute Gasteiger partial charge is 0.275 e. The lowest BCUT2D eigenvalue weighted by atomic mass is 9.85. The Bertz CT molecular complexity index is 1560. The molecule has 0 amide bonds. The molecule has 0 spiro atoms. The van der Waals surface area contributed by atoms with Crippen LogP contribution in [0.25, 0.3) is 11.4 Å². The lowest BCUT2D eigenvalue weighted by Gasteiger charge is -2.14. The highest BCUT2D eigenvalue weighted by molar-refractivity contribution is 6.30. The van der Waals surface area contributed by atoms with Gasteiger partial charge in [0.1, 0.15) is 0 Å². The summed E-state index contributed by atoms with van der Waals surface area (Å²) in [4.78, 5) is 41.5. The van der Waals surface area contributed by atoms with Gasteiger partial charge in [-0.3, -0.25) is 24.6 Å². The fourth-order valence-corrected chi connectivity index (χ4v) is 4.63. The third-order valence-corrected chi connectivity index (χ3v) is 6.48. The van der Waals surface area contributed by atoms with Crippen LogP contribution < -0.4 is 11.1 Å². The zero-order chi connectivity index (χ0) is 25.4. The summed E-state index contributed by atoms with van der Waals surface area (Å²) in [5.41, 5.74) is 2.27. The molecule has 2 aromatic heterocycles. The average molecular weight is 499 g/mol. The van der Waals surface area contributed by atoms with Crippen molar-refractivity contribution in [2.24, 2.45) is 0 Å². The van der Waals surface area contributed by atoms with E-state index in [2.05, 4.69) is 10.2 Å². The van der Waals surface area contributed by atoms with Crippen LogP contribution in [0.5, 0.6) is 0 Å². The predicted molar refractivity (Wildman–Crippen MR) is 140 cm³/mol. The van der Waals surface area contributed by atoms with Crippen molar-refractivity contribution in [2.75, 3.05) is 0 Å². The van der Waals surface area contributed by atoms with Crippen molar-refractivity contribution < 1.29 is 4.79 Å². The van der Waals surface area contributed by atoms with Gasteiger partial charge in [0, 0.05) is 22.0 Å². The van der Waals surface area contributed by atoms with E-state index in [4.69, 9.17) is 11.6 Å². The molecule has 180 valence electrons. The number of halogens is 1. The highest BCUT2D eigenvalue weighted by Gasteiger charge is 2.35. The van der Waals surface area contributed by atoms with Crippen LogP contribution in [-0.4, -0.2) is 25.3 Å². The number of hydrogen-bond donors (Lipinski definition) is 2. The van der Waals surface area contributed by atoms with E-state index in [1.165, 1.54) is 9.36 Å². The van der Waals surface area contributed by atoms with Crippen LogP contribution in [0.4, 0.5) is 0 Å². The Hall–Kier alpha value is -4.36. The second kappa shape index (κ2) is 9.36. The maximum Gasteiger partial charge on any atom is 0.275 e. The molecule has 2 heterocycles. The molecule has 0 aliphatic carbocycles. The molecule has 0 unspecified atom stereocenters. The molecule has 5 aromatic rings. The molecule has 0 atom stereocenters. The molecule has 8 heteroatoms. The van der Waals surface area contributed by atoms with E-state index in [0.717, 1.165) is 0 Å². The van der Waals surface area contributed by atoms with Gasteiger partial charge in [-0.25, -0.2) is 9.36 Å². The van der Waals surface area contributed by atoms with E-state index >= 15 is 0 Å². The Morgan fingerprint density at radius 1 is 0.694 bits per heavy atom. The summed E-state index contributed by atoms with van der Waals surface area (Å²) < 4.78 is 2.79. The van der Waals surface area contributed by atoms with Crippen LogP contribution in [0.3, 0.4) is 0 Å². The number of carbonyl (C=O) groups is 1. The summed E-state index contributed by atoms with van der Waals surface area (Å²) in [6.45, 7) is 3.46. The summed E-state index contributed by atoms with van der Waals surface area (Å²) in [7, 11) is 0. The summed E-state index contributed by atoms with van der Waals surface area (Å²) in [5.74, 6) is -1.50. The summed E-state index contributed by atoms with van der Waals surface area (Å²) in [5, 5.41) is 6.65. The zero-order valence-corrected chi connectivity index (χ0v) is 20.4. The third kappa shape index (κ3) is 4.03. The fourth-order valence-electron chi connectivity index (χ4n) is 4.50. The number of rotatable bonds is 6. The fraction of sp³-hybridized carbons (Fsp3) is 0.107. The number of carbonyl (C=O) groups excluding carboxylic acids is 1. The van der Waals surface area contributed by atoms with Crippen LogP contribution in [0.15, 0.2) is 94.5 Å². The lowest BCUT2D eigenvalue weighted by molar-refractivity contribution is 0.0972. The Kier molecular flexibility index (Phi) is 6.08. The predicted octanol–water partition coefficient (Wildman–Crippen LogP) is 4.93. The number of hydrogen-bond acceptors (Lipinski definition) is 3. The molecule has 0 saturated carbocycles. The normalized spacial score (nSPS) is 11.2. The van der Waals surface area contributed by atoms with Gasteiger partial charge in [0.05, 0.1) is 28.4 Å². The SMILES string of the molecule is Cc1[nH]n(-c2ccccc2)c(=O)c1C(C(=O)c1ccc(Cl)cc1)c1c(C)[nH]n(-c2ccccc2)c1=O. The van der Waals surface area contributed by atoms with Gasteiger partial charge in [-0.2, -0.15) is 0 Å². The van der Waals surface area contributed by atoms with Crippen LogP contribution in [0.1, 0.15) is 38.8 Å². The first-order valence-electron chi connectivity index (χ1n) is 11.4. The molecule has 7 nitrogen and oxygen atoms in total. The average Bonchev–Trinajstić information content (AvgIpc) is 3.36. The zero-order valence-electron chi connectivity index (χ0n) is 19.7. The Labute approximate surface area is 211 Å². The molecular formula is C28H23ClN4O3. The number of benzene rings is 3. The van der Waals surface area contributed by atoms with Gasteiger partial charge >= 0.3 is 0 Å². The number of aryl methyl sites for hydroxylation is 2. The highest BCUT2D eigenvalue weighted by Crippen LogP contribution is 2.29. The largest absolute Gasteiger partial charge is 0.295 e. The van der Waals surface area contributed by atoms with Gasteiger partial charge in [-0.1, -0.05) is 48.0 Å². The molecule has 3 aromatic carbocycles. The standard InChI is InChI=1S/C28H23ClN4O3/c1-17-23(27(35)32(30-17)21-9-5-3-6-10-21)25(26(34)19-13-15-20(29)16-14-19)24-18(2)31-33(28(24)36)22-11-7-4-8-12-22/h3-16,25,30-31H,1-2H3. The second-order valence-corrected chi connectivity index (χ2v) is 8.99. The minimum atomic E-state index is -1.13. The van der Waals surface area contributed by atoms with E-state index < -0.39 is 17.0 Å². The van der Waals surface area contributed by atoms with Crippen molar-refractivity contribution in [1.82, 2.24) is 19.6 Å². The van der Waals surface area contributed by atoms with E-state index in [9.17, 15) is 14.4 Å². The molecule has 5 rings (SSSR count). The number of nitrogens with one attached hydrogen (secondary N) is 2. The maximum absolute atomic E-state index is 14.0. The number of aromatic amines is 2. The van der Waals surface area contributed by atoms with Gasteiger partial charge < -0.3 is 0 Å². The maximum atomic E-state index is 14.0. The van der Waals surface area contributed by atoms with Crippen molar-refractivity contribution in [2.45, 2.75) is 19.8 Å². The molecule has 0 saturated heterocycles. The first kappa shape index (κ1) is 23.4. The van der Waals surface area contributed by atoms with Crippen LogP contribution in [-0.2, 0) is 0 Å². The minimum Gasteiger partial charge on any atom is -0.295 e. The lowest BCUT2D eigenvalue weighted by Crippen LogP contribution is -2.29. The molecule has 0 fully saturated rings. The van der Waals surface area contributed by atoms with E-state index in [-0.39, 0.29) is 16.9 Å². The van der Waals surface area contributed by atoms with Crippen molar-refractivity contribution in [1.29, 1.82) is 0 Å². The summed E-state index contributed by atoms with van der Waals surface area (Å²) in [6.07, 6.45) is 0. The summed E-state index contributed by atoms with van der Waals surface area (Å²) in [6, 6.07) is 24.6. The summed E-state index contributed by atoms with van der Waals surface area (Å²) >= 11 is 6.05. The monoisotopic (exact) mass is 498 g/mol. The Balaban J connectivity index is 1.75. The van der Waals surface area contributed by atoms with Gasteiger partial charge in [0.25, 0.3) is 11.1 Å². The van der Waals surface area contributed by atoms with E-state index in [1.807, 2.05) is 36.4 Å². The first-order valence-corrected chi connectivity index (χ1v) is 11.8. The van der Waals surface area contributed by atoms with Crippen molar-refractivity contribution >= 4 is 17.4 Å². The number of nitrogens with zero attached hydrogens (tertiary/aromatic N) is 2.